The van der Waals surface area contributed by atoms with Gasteiger partial charge < -0.3 is 15.3 Å². The Bertz CT molecular complexity index is 722. The minimum Gasteiger partial charge on any atom is -0.444 e. The minimum absolute atomic E-state index is 0.0824. The summed E-state index contributed by atoms with van der Waals surface area (Å²) in [5, 5.41) is 3.82. The lowest BCUT2D eigenvalue weighted by Crippen LogP contribution is -2.43. The lowest BCUT2D eigenvalue weighted by atomic mass is 9.99. The molecule has 7 nitrogen and oxygen atoms in total. The quantitative estimate of drug-likeness (QED) is 0.360. The summed E-state index contributed by atoms with van der Waals surface area (Å²) in [6.07, 6.45) is 1.41. The molecule has 154 valence electrons. The second-order valence-electron chi connectivity index (χ2n) is 8.35. The van der Waals surface area contributed by atoms with Gasteiger partial charge in [0.1, 0.15) is 17.5 Å². The van der Waals surface area contributed by atoms with Crippen LogP contribution in [0.25, 0.3) is 0 Å². The van der Waals surface area contributed by atoms with Crippen LogP contribution in [0.1, 0.15) is 51.7 Å². The van der Waals surface area contributed by atoms with Crippen LogP contribution in [0.15, 0.2) is 29.4 Å². The Morgan fingerprint density at radius 1 is 1.29 bits per heavy atom. The molecule has 1 amide bonds. The molecule has 0 bridgehead atoms. The van der Waals surface area contributed by atoms with Crippen LogP contribution in [0, 0.1) is 12.8 Å². The number of carbonyl (C=O) groups excluding carboxylic acids is 2. The zero-order chi connectivity index (χ0) is 20.9. The van der Waals surface area contributed by atoms with Gasteiger partial charge in [0.05, 0.1) is 0 Å². The Hall–Kier alpha value is -2.57. The van der Waals surface area contributed by atoms with Gasteiger partial charge in [-0.1, -0.05) is 41.9 Å². The second-order valence-corrected chi connectivity index (χ2v) is 8.35. The number of hydrogen-bond acceptors (Lipinski definition) is 5. The molecule has 1 heterocycles. The number of amidine groups is 1. The summed E-state index contributed by atoms with van der Waals surface area (Å²) in [6, 6.07) is 7.48. The predicted molar refractivity (Wildman–Crippen MR) is 108 cm³/mol. The van der Waals surface area contributed by atoms with E-state index in [9.17, 15) is 9.59 Å². The first-order chi connectivity index (χ1) is 13.1. The first kappa shape index (κ1) is 21.7. The molecule has 7 heteroatoms. The number of nitrogens with two attached hydrogens (primary N) is 1. The molecule has 2 atom stereocenters. The first-order valence-electron chi connectivity index (χ1n) is 9.66. The van der Waals surface area contributed by atoms with E-state index in [1.165, 1.54) is 10.5 Å². The fraction of sp³-hybridized carbons (Fsp3) is 0.571. The van der Waals surface area contributed by atoms with Crippen LogP contribution < -0.4 is 5.73 Å². The molecule has 1 aliphatic rings. The summed E-state index contributed by atoms with van der Waals surface area (Å²) in [4.78, 5) is 31.1. The molecular formula is C21H31N3O4. The van der Waals surface area contributed by atoms with Gasteiger partial charge in [0.15, 0.2) is 0 Å². The predicted octanol–water partition coefficient (Wildman–Crippen LogP) is 3.39. The highest BCUT2D eigenvalue weighted by molar-refractivity contribution is 5.85. The van der Waals surface area contributed by atoms with Gasteiger partial charge in [-0.05, 0) is 52.5 Å². The summed E-state index contributed by atoms with van der Waals surface area (Å²) in [6.45, 7) is 9.77. The molecule has 0 unspecified atom stereocenters. The molecule has 1 aliphatic heterocycles. The summed E-state index contributed by atoms with van der Waals surface area (Å²) >= 11 is 0. The number of hydrogen-bond donors (Lipinski definition) is 1. The van der Waals surface area contributed by atoms with Gasteiger partial charge in [-0.15, -0.1) is 0 Å². The number of aryl methyl sites for hydroxylation is 1. The monoisotopic (exact) mass is 389 g/mol. The van der Waals surface area contributed by atoms with E-state index in [1.807, 2.05) is 38.1 Å². The van der Waals surface area contributed by atoms with Crippen molar-refractivity contribution >= 4 is 17.9 Å². The second kappa shape index (κ2) is 9.08. The van der Waals surface area contributed by atoms with Crippen molar-refractivity contribution in [2.24, 2.45) is 16.8 Å². The number of ether oxygens (including phenoxy) is 1. The Kier molecular flexibility index (Phi) is 7.05. The van der Waals surface area contributed by atoms with Gasteiger partial charge in [0, 0.05) is 12.5 Å². The van der Waals surface area contributed by atoms with E-state index in [0.29, 0.717) is 25.8 Å². The highest BCUT2D eigenvalue weighted by Gasteiger charge is 2.38. The van der Waals surface area contributed by atoms with Gasteiger partial charge in [0.2, 0.25) is 0 Å². The SMILES string of the molecule is Cc1ccc(C[C@H](C)/C(N)=N/OC(=O)[C@@H]2CCCN2C(=O)OC(C)(C)C)cc1. The van der Waals surface area contributed by atoms with Crippen LogP contribution in [-0.2, 0) is 20.8 Å². The van der Waals surface area contributed by atoms with Crippen LogP contribution in [0.2, 0.25) is 0 Å². The van der Waals surface area contributed by atoms with Crippen molar-refractivity contribution in [1.82, 2.24) is 4.90 Å². The number of benzene rings is 1. The Morgan fingerprint density at radius 2 is 1.93 bits per heavy atom. The maximum absolute atomic E-state index is 12.4. The fourth-order valence-corrected chi connectivity index (χ4v) is 2.98. The molecule has 1 aromatic carbocycles. The van der Waals surface area contributed by atoms with Gasteiger partial charge in [-0.3, -0.25) is 4.90 Å². The third kappa shape index (κ3) is 6.25. The van der Waals surface area contributed by atoms with E-state index < -0.39 is 23.7 Å². The van der Waals surface area contributed by atoms with Crippen LogP contribution in [0.4, 0.5) is 4.79 Å². The van der Waals surface area contributed by atoms with Crippen LogP contribution in [0.3, 0.4) is 0 Å². The maximum atomic E-state index is 12.4. The highest BCUT2D eigenvalue weighted by Crippen LogP contribution is 2.22. The lowest BCUT2D eigenvalue weighted by Gasteiger charge is -2.27. The Morgan fingerprint density at radius 3 is 2.54 bits per heavy atom. The zero-order valence-electron chi connectivity index (χ0n) is 17.4. The number of oxime groups is 1. The number of nitrogens with zero attached hydrogens (tertiary/aromatic N) is 2. The van der Waals surface area contributed by atoms with Crippen molar-refractivity contribution in [3.05, 3.63) is 35.4 Å². The molecule has 1 aromatic rings. The molecule has 0 saturated carbocycles. The number of rotatable bonds is 5. The smallest absolute Gasteiger partial charge is 0.411 e. The van der Waals surface area contributed by atoms with Crippen LogP contribution in [0.5, 0.6) is 0 Å². The molecule has 0 aliphatic carbocycles. The largest absolute Gasteiger partial charge is 0.444 e. The molecule has 2 N–H and O–H groups in total. The fourth-order valence-electron chi connectivity index (χ4n) is 2.98. The van der Waals surface area contributed by atoms with Crippen molar-refractivity contribution in [1.29, 1.82) is 0 Å². The highest BCUT2D eigenvalue weighted by atomic mass is 16.7. The summed E-state index contributed by atoms with van der Waals surface area (Å²) in [5.74, 6) is -0.425. The van der Waals surface area contributed by atoms with E-state index in [-0.39, 0.29) is 11.8 Å². The van der Waals surface area contributed by atoms with Crippen molar-refractivity contribution < 1.29 is 19.2 Å². The van der Waals surface area contributed by atoms with Gasteiger partial charge in [-0.25, -0.2) is 9.59 Å². The van der Waals surface area contributed by atoms with Crippen molar-refractivity contribution in [3.63, 3.8) is 0 Å². The van der Waals surface area contributed by atoms with Gasteiger partial charge >= 0.3 is 12.1 Å². The van der Waals surface area contributed by atoms with E-state index in [0.717, 1.165) is 5.56 Å². The molecular weight excluding hydrogens is 358 g/mol. The topological polar surface area (TPSA) is 94.2 Å². The molecule has 1 fully saturated rings. The van der Waals surface area contributed by atoms with Crippen LogP contribution in [-0.4, -0.2) is 41.0 Å². The van der Waals surface area contributed by atoms with Crippen LogP contribution >= 0.6 is 0 Å². The average molecular weight is 389 g/mol. The summed E-state index contributed by atoms with van der Waals surface area (Å²) in [7, 11) is 0. The van der Waals surface area contributed by atoms with Gasteiger partial charge in [0.25, 0.3) is 0 Å². The lowest BCUT2D eigenvalue weighted by molar-refractivity contribution is -0.148. The number of carbonyl (C=O) groups is 2. The van der Waals surface area contributed by atoms with Crippen molar-refractivity contribution in [2.45, 2.75) is 65.5 Å². The Balaban J connectivity index is 1.93. The maximum Gasteiger partial charge on any atom is 0.411 e. The van der Waals surface area contributed by atoms with Gasteiger partial charge in [-0.2, -0.15) is 0 Å². The minimum atomic E-state index is -0.696. The molecule has 2 rings (SSSR count). The Labute approximate surface area is 166 Å². The molecule has 28 heavy (non-hydrogen) atoms. The normalized spacial score (nSPS) is 18.7. The average Bonchev–Trinajstić information content (AvgIpc) is 3.10. The van der Waals surface area contributed by atoms with E-state index in [4.69, 9.17) is 15.3 Å². The number of likely N-dealkylation sites (tertiary alicyclic amines) is 1. The molecule has 0 aromatic heterocycles. The third-order valence-electron chi connectivity index (χ3n) is 4.56. The van der Waals surface area contributed by atoms with E-state index in [2.05, 4.69) is 5.16 Å². The number of amides is 1. The molecule has 0 radical (unpaired) electrons. The first-order valence-corrected chi connectivity index (χ1v) is 9.66. The standard InChI is InChI=1S/C21H31N3O4/c1-14-8-10-16(11-9-14)13-15(2)18(22)23-28-19(25)17-7-6-12-24(17)20(26)27-21(3,4)5/h8-11,15,17H,6-7,12-13H2,1-5H3,(H2,22,23)/t15-,17-/m0/s1. The molecule has 1 saturated heterocycles. The summed E-state index contributed by atoms with van der Waals surface area (Å²) < 4.78 is 5.36. The summed E-state index contributed by atoms with van der Waals surface area (Å²) in [5.41, 5.74) is 7.69. The van der Waals surface area contributed by atoms with Crippen molar-refractivity contribution in [3.8, 4) is 0 Å². The third-order valence-corrected chi connectivity index (χ3v) is 4.56. The van der Waals surface area contributed by atoms with Crippen molar-refractivity contribution in [2.75, 3.05) is 6.54 Å². The van der Waals surface area contributed by atoms with E-state index >= 15 is 0 Å². The van der Waals surface area contributed by atoms with E-state index in [1.54, 1.807) is 20.8 Å². The zero-order valence-corrected chi connectivity index (χ0v) is 17.4. The molecule has 0 spiro atoms.